The molecule has 2 amide bonds. The largest absolute Gasteiger partial charge is 0.376 e. The fourth-order valence-corrected chi connectivity index (χ4v) is 2.78. The molecule has 2 rings (SSSR count). The molecule has 0 aliphatic rings. The smallest absolute Gasteiger partial charge is 0.253 e. The van der Waals surface area contributed by atoms with E-state index < -0.39 is 0 Å². The number of halogens is 1. The number of nitrogens with one attached hydrogen (secondary N) is 2. The summed E-state index contributed by atoms with van der Waals surface area (Å²) in [6.07, 6.45) is 0. The van der Waals surface area contributed by atoms with Gasteiger partial charge in [0.05, 0.1) is 12.2 Å². The quantitative estimate of drug-likeness (QED) is 0.734. The van der Waals surface area contributed by atoms with Gasteiger partial charge in [0, 0.05) is 28.8 Å². The maximum Gasteiger partial charge on any atom is 0.253 e. The van der Waals surface area contributed by atoms with Crippen molar-refractivity contribution in [2.45, 2.75) is 13.8 Å². The molecular formula is C19H22BrN3O2. The van der Waals surface area contributed by atoms with Crippen LogP contribution < -0.4 is 10.6 Å². The fourth-order valence-electron chi connectivity index (χ4n) is 2.39. The molecule has 0 radical (unpaired) electrons. The van der Waals surface area contributed by atoms with E-state index in [9.17, 15) is 9.59 Å². The third-order valence-electron chi connectivity index (χ3n) is 3.76. The van der Waals surface area contributed by atoms with E-state index in [2.05, 4.69) is 26.6 Å². The van der Waals surface area contributed by atoms with E-state index in [-0.39, 0.29) is 18.4 Å². The summed E-state index contributed by atoms with van der Waals surface area (Å²) in [5, 5.41) is 5.89. The van der Waals surface area contributed by atoms with Gasteiger partial charge >= 0.3 is 0 Å². The van der Waals surface area contributed by atoms with Crippen molar-refractivity contribution in [3.63, 3.8) is 0 Å². The van der Waals surface area contributed by atoms with Crippen LogP contribution in [0.5, 0.6) is 0 Å². The Bertz CT molecular complexity index is 745. The van der Waals surface area contributed by atoms with E-state index in [0.29, 0.717) is 18.7 Å². The highest BCUT2D eigenvalue weighted by atomic mass is 79.9. The highest BCUT2D eigenvalue weighted by molar-refractivity contribution is 9.10. The van der Waals surface area contributed by atoms with Gasteiger partial charge in [-0.1, -0.05) is 18.2 Å². The van der Waals surface area contributed by atoms with Crippen LogP contribution in [-0.2, 0) is 4.79 Å². The standard InChI is InChI=1S/C19H22BrN3O2/c1-3-23(4-2)19(25)14-8-7-9-15(12-14)21-13-18(24)22-17-11-6-5-10-16(17)20/h5-12,21H,3-4,13H2,1-2H3,(H,22,24). The lowest BCUT2D eigenvalue weighted by atomic mass is 10.1. The molecule has 2 aromatic carbocycles. The third-order valence-corrected chi connectivity index (χ3v) is 4.45. The molecule has 0 atom stereocenters. The van der Waals surface area contributed by atoms with Crippen LogP contribution in [0.3, 0.4) is 0 Å². The molecule has 0 heterocycles. The minimum atomic E-state index is -0.160. The molecule has 0 fully saturated rings. The highest BCUT2D eigenvalue weighted by Gasteiger charge is 2.13. The number of hydrogen-bond acceptors (Lipinski definition) is 3. The van der Waals surface area contributed by atoms with Crippen molar-refractivity contribution in [3.8, 4) is 0 Å². The van der Waals surface area contributed by atoms with E-state index >= 15 is 0 Å². The zero-order valence-electron chi connectivity index (χ0n) is 14.4. The van der Waals surface area contributed by atoms with Gasteiger partial charge < -0.3 is 15.5 Å². The number of rotatable bonds is 7. The third kappa shape index (κ3) is 5.32. The predicted octanol–water partition coefficient (Wildman–Crippen LogP) is 3.98. The SMILES string of the molecule is CCN(CC)C(=O)c1cccc(NCC(=O)Nc2ccccc2Br)c1. The van der Waals surface area contributed by atoms with Crippen molar-refractivity contribution in [3.05, 3.63) is 58.6 Å². The summed E-state index contributed by atoms with van der Waals surface area (Å²) in [5.41, 5.74) is 2.07. The molecule has 0 unspecified atom stereocenters. The lowest BCUT2D eigenvalue weighted by molar-refractivity contribution is -0.114. The predicted molar refractivity (Wildman–Crippen MR) is 105 cm³/mol. The van der Waals surface area contributed by atoms with Gasteiger partial charge in [-0.2, -0.15) is 0 Å². The number of amides is 2. The minimum Gasteiger partial charge on any atom is -0.376 e. The van der Waals surface area contributed by atoms with Crippen LogP contribution in [0, 0.1) is 0 Å². The number of benzene rings is 2. The van der Waals surface area contributed by atoms with Gasteiger partial charge in [-0.3, -0.25) is 9.59 Å². The van der Waals surface area contributed by atoms with E-state index in [0.717, 1.165) is 15.8 Å². The summed E-state index contributed by atoms with van der Waals surface area (Å²) < 4.78 is 0.829. The van der Waals surface area contributed by atoms with Crippen molar-refractivity contribution >= 4 is 39.1 Å². The Kier molecular flexibility index (Phi) is 7.01. The first-order valence-electron chi connectivity index (χ1n) is 8.22. The molecular weight excluding hydrogens is 382 g/mol. The molecule has 0 bridgehead atoms. The Morgan fingerprint density at radius 1 is 1.04 bits per heavy atom. The van der Waals surface area contributed by atoms with Gasteiger partial charge in [0.15, 0.2) is 0 Å². The Labute approximate surface area is 156 Å². The van der Waals surface area contributed by atoms with Crippen LogP contribution in [0.15, 0.2) is 53.0 Å². The molecule has 0 aliphatic carbocycles. The van der Waals surface area contributed by atoms with Crippen molar-refractivity contribution in [1.29, 1.82) is 0 Å². The fraction of sp³-hybridized carbons (Fsp3) is 0.263. The second-order valence-corrected chi connectivity index (χ2v) is 6.29. The zero-order chi connectivity index (χ0) is 18.2. The molecule has 0 saturated heterocycles. The van der Waals surface area contributed by atoms with Gasteiger partial charge in [0.25, 0.3) is 5.91 Å². The Balaban J connectivity index is 1.97. The molecule has 0 spiro atoms. The zero-order valence-corrected chi connectivity index (χ0v) is 16.0. The molecule has 2 aromatic rings. The van der Waals surface area contributed by atoms with Crippen LogP contribution in [-0.4, -0.2) is 36.3 Å². The molecule has 2 N–H and O–H groups in total. The number of carbonyl (C=O) groups excluding carboxylic acids is 2. The van der Waals surface area contributed by atoms with Gasteiger partial charge in [-0.05, 0) is 60.1 Å². The second kappa shape index (κ2) is 9.22. The van der Waals surface area contributed by atoms with E-state index in [1.165, 1.54) is 0 Å². The first-order chi connectivity index (χ1) is 12.0. The summed E-state index contributed by atoms with van der Waals surface area (Å²) in [4.78, 5) is 26.2. The average molecular weight is 404 g/mol. The number of nitrogens with zero attached hydrogens (tertiary/aromatic N) is 1. The maximum atomic E-state index is 12.4. The highest BCUT2D eigenvalue weighted by Crippen LogP contribution is 2.21. The average Bonchev–Trinajstić information content (AvgIpc) is 2.63. The van der Waals surface area contributed by atoms with E-state index in [1.54, 1.807) is 17.0 Å². The van der Waals surface area contributed by atoms with Crippen molar-refractivity contribution < 1.29 is 9.59 Å². The molecule has 25 heavy (non-hydrogen) atoms. The molecule has 0 aromatic heterocycles. The van der Waals surface area contributed by atoms with Crippen molar-refractivity contribution in [1.82, 2.24) is 4.90 Å². The van der Waals surface area contributed by atoms with Gasteiger partial charge in [-0.15, -0.1) is 0 Å². The summed E-state index contributed by atoms with van der Waals surface area (Å²) >= 11 is 3.40. The van der Waals surface area contributed by atoms with Crippen molar-refractivity contribution in [2.24, 2.45) is 0 Å². The van der Waals surface area contributed by atoms with Crippen LogP contribution in [0.2, 0.25) is 0 Å². The number of carbonyl (C=O) groups is 2. The van der Waals surface area contributed by atoms with Gasteiger partial charge in [0.1, 0.15) is 0 Å². The molecule has 132 valence electrons. The van der Waals surface area contributed by atoms with Crippen LogP contribution in [0.25, 0.3) is 0 Å². The summed E-state index contributed by atoms with van der Waals surface area (Å²) in [5.74, 6) is -0.168. The lowest BCUT2D eigenvalue weighted by Gasteiger charge is -2.19. The van der Waals surface area contributed by atoms with Crippen LogP contribution in [0.1, 0.15) is 24.2 Å². The lowest BCUT2D eigenvalue weighted by Crippen LogP contribution is -2.30. The normalized spacial score (nSPS) is 10.2. The molecule has 6 heteroatoms. The first kappa shape index (κ1) is 19.0. The number of anilines is 2. The Morgan fingerprint density at radius 3 is 2.44 bits per heavy atom. The minimum absolute atomic E-state index is 0.00804. The molecule has 0 saturated carbocycles. The monoisotopic (exact) mass is 403 g/mol. The Hall–Kier alpha value is -2.34. The summed E-state index contributed by atoms with van der Waals surface area (Å²) in [7, 11) is 0. The molecule has 5 nitrogen and oxygen atoms in total. The summed E-state index contributed by atoms with van der Waals surface area (Å²) in [6.45, 7) is 5.36. The van der Waals surface area contributed by atoms with E-state index in [1.807, 2.05) is 50.2 Å². The van der Waals surface area contributed by atoms with Gasteiger partial charge in [-0.25, -0.2) is 0 Å². The van der Waals surface area contributed by atoms with Crippen LogP contribution >= 0.6 is 15.9 Å². The van der Waals surface area contributed by atoms with Crippen LogP contribution in [0.4, 0.5) is 11.4 Å². The second-order valence-electron chi connectivity index (χ2n) is 5.44. The van der Waals surface area contributed by atoms with Crippen molar-refractivity contribution in [2.75, 3.05) is 30.3 Å². The maximum absolute atomic E-state index is 12.4. The number of para-hydroxylation sites is 1. The first-order valence-corrected chi connectivity index (χ1v) is 9.02. The Morgan fingerprint density at radius 2 is 1.76 bits per heavy atom. The van der Waals surface area contributed by atoms with E-state index in [4.69, 9.17) is 0 Å². The molecule has 0 aliphatic heterocycles. The van der Waals surface area contributed by atoms with Gasteiger partial charge in [0.2, 0.25) is 5.91 Å². The number of hydrogen-bond donors (Lipinski definition) is 2. The topological polar surface area (TPSA) is 61.4 Å². The summed E-state index contributed by atoms with van der Waals surface area (Å²) in [6, 6.07) is 14.6.